The van der Waals surface area contributed by atoms with Gasteiger partial charge in [0.25, 0.3) is 0 Å². The number of hydrogen-bond acceptors (Lipinski definition) is 6. The number of anilines is 1. The molecule has 1 aromatic heterocycles. The summed E-state index contributed by atoms with van der Waals surface area (Å²) in [7, 11) is 2.95. The summed E-state index contributed by atoms with van der Waals surface area (Å²) in [5.41, 5.74) is 0.500. The molecule has 0 aliphatic rings. The van der Waals surface area contributed by atoms with E-state index in [1.807, 2.05) is 0 Å². The Kier molecular flexibility index (Phi) is 4.59. The summed E-state index contributed by atoms with van der Waals surface area (Å²) in [6.07, 6.45) is 1.66. The summed E-state index contributed by atoms with van der Waals surface area (Å²) in [5, 5.41) is 11.0. The van der Waals surface area contributed by atoms with E-state index in [2.05, 4.69) is 9.72 Å². The topological polar surface area (TPSA) is 85.6 Å². The van der Waals surface area contributed by atoms with Crippen LogP contribution in [0.5, 0.6) is 0 Å². The zero-order valence-corrected chi connectivity index (χ0v) is 10.5. The van der Waals surface area contributed by atoms with Gasteiger partial charge in [-0.1, -0.05) is 0 Å². The van der Waals surface area contributed by atoms with Crippen LogP contribution in [0.3, 0.4) is 0 Å². The molecule has 0 atom stereocenters. The van der Waals surface area contributed by atoms with Gasteiger partial charge in [0.15, 0.2) is 0 Å². The highest BCUT2D eigenvalue weighted by Gasteiger charge is 2.21. The number of ether oxygens (including phenoxy) is 1. The Morgan fingerprint density at radius 2 is 2.28 bits per heavy atom. The number of hydrogen-bond donors (Lipinski definition) is 0. The smallest absolute Gasteiger partial charge is 0.314 e. The van der Waals surface area contributed by atoms with Crippen molar-refractivity contribution in [1.29, 1.82) is 0 Å². The molecule has 0 saturated heterocycles. The van der Waals surface area contributed by atoms with Crippen LogP contribution < -0.4 is 4.90 Å². The number of nitrogens with zero attached hydrogens (tertiary/aromatic N) is 3. The van der Waals surface area contributed by atoms with Crippen LogP contribution in [0.2, 0.25) is 0 Å². The molecule has 7 nitrogen and oxygen atoms in total. The zero-order valence-electron chi connectivity index (χ0n) is 10.5. The number of aryl methyl sites for hydroxylation is 1. The van der Waals surface area contributed by atoms with Crippen LogP contribution >= 0.6 is 0 Å². The normalized spacial score (nSPS) is 9.94. The molecule has 0 aliphatic carbocycles. The van der Waals surface area contributed by atoms with Crippen molar-refractivity contribution < 1.29 is 14.5 Å². The van der Waals surface area contributed by atoms with Crippen LogP contribution in [-0.2, 0) is 9.53 Å². The second-order valence-corrected chi connectivity index (χ2v) is 3.80. The Bertz CT molecular complexity index is 462. The molecule has 0 N–H and O–H groups in total. The second-order valence-electron chi connectivity index (χ2n) is 3.80. The van der Waals surface area contributed by atoms with Gasteiger partial charge in [-0.25, -0.2) is 4.98 Å². The Labute approximate surface area is 105 Å². The summed E-state index contributed by atoms with van der Waals surface area (Å²) in [6.45, 7) is 1.96. The molecule has 1 rings (SSSR count). The summed E-state index contributed by atoms with van der Waals surface area (Å²) >= 11 is 0. The van der Waals surface area contributed by atoms with Gasteiger partial charge in [0.05, 0.1) is 18.5 Å². The fourth-order valence-electron chi connectivity index (χ4n) is 1.51. The Balaban J connectivity index is 2.92. The number of rotatable bonds is 5. The van der Waals surface area contributed by atoms with Crippen molar-refractivity contribution in [2.24, 2.45) is 0 Å². The van der Waals surface area contributed by atoms with Crippen molar-refractivity contribution in [3.8, 4) is 0 Å². The van der Waals surface area contributed by atoms with Gasteiger partial charge >= 0.3 is 11.7 Å². The molecule has 0 amide bonds. The maximum atomic E-state index is 11.0. The van der Waals surface area contributed by atoms with E-state index in [4.69, 9.17) is 0 Å². The highest BCUT2D eigenvalue weighted by atomic mass is 16.6. The highest BCUT2D eigenvalue weighted by molar-refractivity contribution is 5.70. The maximum absolute atomic E-state index is 11.0. The lowest BCUT2D eigenvalue weighted by Crippen LogP contribution is -2.23. The van der Waals surface area contributed by atoms with Gasteiger partial charge < -0.3 is 9.64 Å². The van der Waals surface area contributed by atoms with E-state index in [0.717, 1.165) is 0 Å². The number of esters is 1. The second kappa shape index (κ2) is 5.95. The van der Waals surface area contributed by atoms with Crippen LogP contribution in [-0.4, -0.2) is 36.6 Å². The molecule has 0 unspecified atom stereocenters. The van der Waals surface area contributed by atoms with Gasteiger partial charge in [-0.3, -0.25) is 14.9 Å². The van der Waals surface area contributed by atoms with Crippen molar-refractivity contribution >= 4 is 17.5 Å². The minimum atomic E-state index is -0.466. The third-order valence-electron chi connectivity index (χ3n) is 2.53. The predicted octanol–water partition coefficient (Wildman–Crippen LogP) is 1.30. The van der Waals surface area contributed by atoms with Crippen LogP contribution in [0, 0.1) is 17.0 Å². The Hall–Kier alpha value is -2.18. The van der Waals surface area contributed by atoms with E-state index in [9.17, 15) is 14.9 Å². The van der Waals surface area contributed by atoms with Gasteiger partial charge in [0, 0.05) is 25.4 Å². The van der Waals surface area contributed by atoms with E-state index in [1.165, 1.54) is 13.3 Å². The quantitative estimate of drug-likeness (QED) is 0.446. The van der Waals surface area contributed by atoms with Crippen LogP contribution in [0.4, 0.5) is 11.5 Å². The van der Waals surface area contributed by atoms with Crippen molar-refractivity contribution in [3.05, 3.63) is 27.9 Å². The van der Waals surface area contributed by atoms with E-state index in [0.29, 0.717) is 12.1 Å². The average molecular weight is 253 g/mol. The maximum Gasteiger partial charge on any atom is 0.314 e. The van der Waals surface area contributed by atoms with Gasteiger partial charge in [0.1, 0.15) is 0 Å². The van der Waals surface area contributed by atoms with Gasteiger partial charge in [-0.05, 0) is 13.0 Å². The summed E-state index contributed by atoms with van der Waals surface area (Å²) in [6, 6.07) is 1.58. The van der Waals surface area contributed by atoms with Gasteiger partial charge in [-0.15, -0.1) is 0 Å². The third-order valence-corrected chi connectivity index (χ3v) is 2.53. The van der Waals surface area contributed by atoms with E-state index >= 15 is 0 Å². The minimum absolute atomic E-state index is 0.0372. The summed E-state index contributed by atoms with van der Waals surface area (Å²) in [4.78, 5) is 27.1. The molecule has 0 aromatic carbocycles. The molecule has 0 spiro atoms. The van der Waals surface area contributed by atoms with Crippen LogP contribution in [0.1, 0.15) is 12.0 Å². The van der Waals surface area contributed by atoms with E-state index in [-0.39, 0.29) is 23.9 Å². The fourth-order valence-corrected chi connectivity index (χ4v) is 1.51. The first kappa shape index (κ1) is 13.9. The van der Waals surface area contributed by atoms with E-state index in [1.54, 1.807) is 24.9 Å². The molecule has 0 aliphatic heterocycles. The highest BCUT2D eigenvalue weighted by Crippen LogP contribution is 2.27. The molecular weight excluding hydrogens is 238 g/mol. The van der Waals surface area contributed by atoms with Crippen LogP contribution in [0.15, 0.2) is 12.3 Å². The minimum Gasteiger partial charge on any atom is -0.469 e. The Morgan fingerprint density at radius 1 is 1.61 bits per heavy atom. The number of carbonyl (C=O) groups is 1. The summed E-state index contributed by atoms with van der Waals surface area (Å²) < 4.78 is 4.52. The molecule has 1 heterocycles. The number of pyridine rings is 1. The van der Waals surface area contributed by atoms with Crippen molar-refractivity contribution in [3.63, 3.8) is 0 Å². The molecule has 1 aromatic rings. The standard InChI is InChI=1S/C11H15N3O4/c1-8-4-6-12-11(10(8)14(16)17)13(2)7-5-9(15)18-3/h4,6H,5,7H2,1-3H3. The average Bonchev–Trinajstić information content (AvgIpc) is 2.34. The molecule has 98 valence electrons. The molecule has 0 fully saturated rings. The fraction of sp³-hybridized carbons (Fsp3) is 0.455. The van der Waals surface area contributed by atoms with Gasteiger partial charge in [-0.2, -0.15) is 0 Å². The predicted molar refractivity (Wildman–Crippen MR) is 65.5 cm³/mol. The molecule has 0 bridgehead atoms. The molecule has 18 heavy (non-hydrogen) atoms. The van der Waals surface area contributed by atoms with Crippen molar-refractivity contribution in [2.75, 3.05) is 25.6 Å². The molecule has 0 radical (unpaired) electrons. The SMILES string of the molecule is COC(=O)CCN(C)c1nccc(C)c1[N+](=O)[O-]. The lowest BCUT2D eigenvalue weighted by molar-refractivity contribution is -0.384. The zero-order chi connectivity index (χ0) is 13.7. The Morgan fingerprint density at radius 3 is 2.83 bits per heavy atom. The van der Waals surface area contributed by atoms with Crippen LogP contribution in [0.25, 0.3) is 0 Å². The lowest BCUT2D eigenvalue weighted by atomic mass is 10.2. The molecule has 7 heteroatoms. The number of carbonyl (C=O) groups excluding carboxylic acids is 1. The van der Waals surface area contributed by atoms with E-state index < -0.39 is 4.92 Å². The van der Waals surface area contributed by atoms with Gasteiger partial charge in [0.2, 0.25) is 5.82 Å². The first-order valence-corrected chi connectivity index (χ1v) is 5.35. The lowest BCUT2D eigenvalue weighted by Gasteiger charge is -2.17. The van der Waals surface area contributed by atoms with Crippen molar-refractivity contribution in [1.82, 2.24) is 4.98 Å². The molecular formula is C11H15N3O4. The number of nitro groups is 1. The monoisotopic (exact) mass is 253 g/mol. The number of methoxy groups -OCH3 is 1. The first-order chi connectivity index (χ1) is 8.47. The van der Waals surface area contributed by atoms with Crippen molar-refractivity contribution in [2.45, 2.75) is 13.3 Å². The number of aromatic nitrogens is 1. The largest absolute Gasteiger partial charge is 0.469 e. The third kappa shape index (κ3) is 3.16. The summed E-state index contributed by atoms with van der Waals surface area (Å²) in [5.74, 6) is -0.110. The first-order valence-electron chi connectivity index (χ1n) is 5.35. The molecule has 0 saturated carbocycles.